The van der Waals surface area contributed by atoms with E-state index in [0.29, 0.717) is 37.9 Å². The summed E-state index contributed by atoms with van der Waals surface area (Å²) < 4.78 is 0. The van der Waals surface area contributed by atoms with Gasteiger partial charge in [-0.2, -0.15) is 0 Å². The highest BCUT2D eigenvalue weighted by molar-refractivity contribution is 6.07. The van der Waals surface area contributed by atoms with Crippen molar-refractivity contribution in [3.63, 3.8) is 0 Å². The minimum Gasteiger partial charge on any atom is -0.342 e. The number of guanidine groups is 1. The van der Waals surface area contributed by atoms with Crippen LogP contribution in [0.5, 0.6) is 0 Å². The first-order valence-corrected chi connectivity index (χ1v) is 9.83. The van der Waals surface area contributed by atoms with Gasteiger partial charge in [0.2, 0.25) is 0 Å². The zero-order valence-corrected chi connectivity index (χ0v) is 16.5. The van der Waals surface area contributed by atoms with Gasteiger partial charge in [-0.25, -0.2) is 0 Å². The van der Waals surface area contributed by atoms with Crippen molar-refractivity contribution < 1.29 is 9.59 Å². The summed E-state index contributed by atoms with van der Waals surface area (Å²) in [6.45, 7) is 8.03. The van der Waals surface area contributed by atoms with Crippen molar-refractivity contribution in [2.45, 2.75) is 45.6 Å². The van der Waals surface area contributed by atoms with Crippen LogP contribution in [0.15, 0.2) is 30.3 Å². The molecule has 0 radical (unpaired) electrons. The fourth-order valence-corrected chi connectivity index (χ4v) is 4.25. The minimum atomic E-state index is -0.671. The molecule has 6 nitrogen and oxygen atoms in total. The third-order valence-electron chi connectivity index (χ3n) is 5.56. The van der Waals surface area contributed by atoms with Gasteiger partial charge in [0.05, 0.1) is 0 Å². The number of rotatable bonds is 5. The monoisotopic (exact) mass is 370 g/mol. The highest BCUT2D eigenvalue weighted by atomic mass is 16.2. The largest absolute Gasteiger partial charge is 0.342 e. The Morgan fingerprint density at radius 3 is 2.48 bits per heavy atom. The van der Waals surface area contributed by atoms with E-state index < -0.39 is 5.54 Å². The Morgan fingerprint density at radius 1 is 1.26 bits per heavy atom. The van der Waals surface area contributed by atoms with Crippen molar-refractivity contribution in [2.75, 3.05) is 19.6 Å². The molecule has 1 aromatic rings. The van der Waals surface area contributed by atoms with Crippen LogP contribution in [-0.2, 0) is 4.79 Å². The SMILES string of the molecule is CC(C)CC1(C)NC(=N)N(CC2CCN(C(=O)c3ccccc3)CC2)C1=O. The van der Waals surface area contributed by atoms with Crippen LogP contribution in [0.3, 0.4) is 0 Å². The molecule has 2 aliphatic heterocycles. The normalized spacial score (nSPS) is 23.9. The van der Waals surface area contributed by atoms with Crippen molar-refractivity contribution >= 4 is 17.8 Å². The standard InChI is InChI=1S/C21H30N4O2/c1-15(2)13-21(3)19(27)25(20(22)23-21)14-16-9-11-24(12-10-16)18(26)17-7-5-4-6-8-17/h4-8,15-16H,9-14H2,1-3H3,(H2,22,23). The van der Waals surface area contributed by atoms with Gasteiger partial charge in [-0.15, -0.1) is 0 Å². The molecule has 1 aromatic carbocycles. The van der Waals surface area contributed by atoms with E-state index in [4.69, 9.17) is 5.41 Å². The number of carbonyl (C=O) groups is 2. The average molecular weight is 370 g/mol. The van der Waals surface area contributed by atoms with Crippen molar-refractivity contribution in [1.82, 2.24) is 15.1 Å². The topological polar surface area (TPSA) is 76.5 Å². The second kappa shape index (κ2) is 7.71. The summed E-state index contributed by atoms with van der Waals surface area (Å²) in [5.74, 6) is 0.990. The molecule has 0 aliphatic carbocycles. The molecule has 146 valence electrons. The molecule has 2 fully saturated rings. The van der Waals surface area contributed by atoms with Crippen LogP contribution in [0.25, 0.3) is 0 Å². The molecule has 2 aliphatic rings. The van der Waals surface area contributed by atoms with Gasteiger partial charge in [-0.05, 0) is 50.2 Å². The Bertz CT molecular complexity index is 710. The Balaban J connectivity index is 1.56. The number of benzene rings is 1. The number of hydrogen-bond acceptors (Lipinski definition) is 3. The van der Waals surface area contributed by atoms with Gasteiger partial charge in [-0.3, -0.25) is 19.9 Å². The average Bonchev–Trinajstić information content (AvgIpc) is 2.84. The first-order chi connectivity index (χ1) is 12.8. The summed E-state index contributed by atoms with van der Waals surface area (Å²) in [5.41, 5.74) is 0.0518. The van der Waals surface area contributed by atoms with E-state index in [9.17, 15) is 9.59 Å². The number of nitrogens with one attached hydrogen (secondary N) is 2. The summed E-state index contributed by atoms with van der Waals surface area (Å²) >= 11 is 0. The minimum absolute atomic E-state index is 0.00370. The van der Waals surface area contributed by atoms with Crippen molar-refractivity contribution in [2.24, 2.45) is 11.8 Å². The third kappa shape index (κ3) is 4.15. The maximum Gasteiger partial charge on any atom is 0.254 e. The van der Waals surface area contributed by atoms with Gasteiger partial charge >= 0.3 is 0 Å². The predicted molar refractivity (Wildman–Crippen MR) is 106 cm³/mol. The zero-order chi connectivity index (χ0) is 19.6. The number of carbonyl (C=O) groups excluding carboxylic acids is 2. The first kappa shape index (κ1) is 19.4. The Morgan fingerprint density at radius 2 is 1.89 bits per heavy atom. The lowest BCUT2D eigenvalue weighted by atomic mass is 9.90. The fraction of sp³-hybridized carbons (Fsp3) is 0.571. The number of nitrogens with zero attached hydrogens (tertiary/aromatic N) is 2. The van der Waals surface area contributed by atoms with Crippen LogP contribution >= 0.6 is 0 Å². The number of amides is 2. The molecule has 27 heavy (non-hydrogen) atoms. The molecule has 2 amide bonds. The number of likely N-dealkylation sites (tertiary alicyclic amines) is 1. The Labute approximate surface area is 161 Å². The molecule has 6 heteroatoms. The zero-order valence-electron chi connectivity index (χ0n) is 16.5. The summed E-state index contributed by atoms with van der Waals surface area (Å²) in [6.07, 6.45) is 2.43. The highest BCUT2D eigenvalue weighted by Gasteiger charge is 2.46. The molecule has 1 atom stereocenters. The van der Waals surface area contributed by atoms with Crippen LogP contribution in [0, 0.1) is 17.2 Å². The Hall–Kier alpha value is -2.37. The van der Waals surface area contributed by atoms with Gasteiger partial charge in [0.1, 0.15) is 5.54 Å². The summed E-state index contributed by atoms with van der Waals surface area (Å²) in [5, 5.41) is 11.3. The van der Waals surface area contributed by atoms with E-state index in [1.165, 1.54) is 0 Å². The quantitative estimate of drug-likeness (QED) is 0.837. The molecular formula is C21H30N4O2. The molecule has 0 aromatic heterocycles. The molecule has 0 bridgehead atoms. The molecule has 3 rings (SSSR count). The van der Waals surface area contributed by atoms with Crippen molar-refractivity contribution in [3.8, 4) is 0 Å². The second-order valence-electron chi connectivity index (χ2n) is 8.42. The lowest BCUT2D eigenvalue weighted by Crippen LogP contribution is -2.46. The van der Waals surface area contributed by atoms with Gasteiger partial charge in [0, 0.05) is 25.2 Å². The van der Waals surface area contributed by atoms with Crippen LogP contribution in [-0.4, -0.2) is 52.7 Å². The van der Waals surface area contributed by atoms with E-state index in [0.717, 1.165) is 18.4 Å². The van der Waals surface area contributed by atoms with E-state index >= 15 is 0 Å². The van der Waals surface area contributed by atoms with E-state index in [2.05, 4.69) is 19.2 Å². The van der Waals surface area contributed by atoms with E-state index in [1.54, 1.807) is 4.90 Å². The maximum absolute atomic E-state index is 12.9. The summed E-state index contributed by atoms with van der Waals surface area (Å²) in [4.78, 5) is 28.9. The first-order valence-electron chi connectivity index (χ1n) is 9.83. The second-order valence-corrected chi connectivity index (χ2v) is 8.42. The van der Waals surface area contributed by atoms with Crippen molar-refractivity contribution in [3.05, 3.63) is 35.9 Å². The fourth-order valence-electron chi connectivity index (χ4n) is 4.25. The van der Waals surface area contributed by atoms with Gasteiger partial charge in [-0.1, -0.05) is 32.0 Å². The molecule has 2 saturated heterocycles. The third-order valence-corrected chi connectivity index (χ3v) is 5.56. The van der Waals surface area contributed by atoms with E-state index in [1.807, 2.05) is 42.2 Å². The van der Waals surface area contributed by atoms with E-state index in [-0.39, 0.29) is 17.8 Å². The summed E-state index contributed by atoms with van der Waals surface area (Å²) in [6, 6.07) is 9.36. The number of hydrogen-bond donors (Lipinski definition) is 2. The molecule has 2 heterocycles. The van der Waals surface area contributed by atoms with Crippen LogP contribution in [0.1, 0.15) is 50.4 Å². The van der Waals surface area contributed by atoms with Gasteiger partial charge in [0.15, 0.2) is 5.96 Å². The van der Waals surface area contributed by atoms with Crippen LogP contribution in [0.4, 0.5) is 0 Å². The molecule has 2 N–H and O–H groups in total. The number of piperidine rings is 1. The molecular weight excluding hydrogens is 340 g/mol. The van der Waals surface area contributed by atoms with Crippen molar-refractivity contribution in [1.29, 1.82) is 5.41 Å². The van der Waals surface area contributed by atoms with Crippen LogP contribution < -0.4 is 5.32 Å². The smallest absolute Gasteiger partial charge is 0.254 e. The van der Waals surface area contributed by atoms with Crippen LogP contribution in [0.2, 0.25) is 0 Å². The highest BCUT2D eigenvalue weighted by Crippen LogP contribution is 2.27. The summed E-state index contributed by atoms with van der Waals surface area (Å²) in [7, 11) is 0. The lowest BCUT2D eigenvalue weighted by molar-refractivity contribution is -0.131. The molecule has 1 unspecified atom stereocenters. The molecule has 0 saturated carbocycles. The van der Waals surface area contributed by atoms with Gasteiger partial charge in [0.25, 0.3) is 11.8 Å². The molecule has 0 spiro atoms. The lowest BCUT2D eigenvalue weighted by Gasteiger charge is -2.34. The Kier molecular flexibility index (Phi) is 5.53. The maximum atomic E-state index is 12.9. The van der Waals surface area contributed by atoms with Gasteiger partial charge < -0.3 is 10.2 Å². The predicted octanol–water partition coefficient (Wildman–Crippen LogP) is 2.71.